The average Bonchev–Trinajstić information content (AvgIpc) is 2.89. The minimum absolute atomic E-state index is 0.362. The first-order valence-corrected chi connectivity index (χ1v) is 6.67. The van der Waals surface area contributed by atoms with Crippen LogP contribution in [0.15, 0.2) is 6.20 Å². The second kappa shape index (κ2) is 4.92. The quantitative estimate of drug-likeness (QED) is 0.573. The monoisotopic (exact) mass is 294 g/mol. The van der Waals surface area contributed by atoms with Gasteiger partial charge in [0, 0.05) is 6.20 Å². The molecule has 0 spiro atoms. The molecule has 1 aliphatic heterocycles. The Morgan fingerprint density at radius 1 is 1.29 bits per heavy atom. The van der Waals surface area contributed by atoms with Crippen LogP contribution in [0.5, 0.6) is 0 Å². The Morgan fingerprint density at radius 3 is 2.62 bits per heavy atom. The molecule has 0 aliphatic carbocycles. The molecule has 2 aromatic heterocycles. The third kappa shape index (κ3) is 2.07. The summed E-state index contributed by atoms with van der Waals surface area (Å²) in [4.78, 5) is 8.48. The second-order valence-electron chi connectivity index (χ2n) is 5.30. The summed E-state index contributed by atoms with van der Waals surface area (Å²) in [5.41, 5.74) is 7.31. The lowest BCUT2D eigenvalue weighted by molar-refractivity contribution is -0.0509. The van der Waals surface area contributed by atoms with Crippen LogP contribution in [0.1, 0.15) is 17.6 Å². The molecule has 114 valence electrons. The lowest BCUT2D eigenvalue weighted by Gasteiger charge is -2.17. The molecule has 0 unspecified atom stereocenters. The van der Waals surface area contributed by atoms with Gasteiger partial charge in [0.05, 0.1) is 12.0 Å². The normalized spacial score (nSPS) is 29.4. The fourth-order valence-corrected chi connectivity index (χ4v) is 2.78. The van der Waals surface area contributed by atoms with Crippen LogP contribution in [-0.2, 0) is 4.74 Å². The molecule has 21 heavy (non-hydrogen) atoms. The Balaban J connectivity index is 2.13. The lowest BCUT2D eigenvalue weighted by atomic mass is 10.1. The van der Waals surface area contributed by atoms with Gasteiger partial charge in [-0.05, 0) is 19.4 Å². The smallest absolute Gasteiger partial charge is 0.164 e. The fraction of sp³-hybridized carbons (Fsp3) is 0.538. The van der Waals surface area contributed by atoms with Crippen molar-refractivity contribution in [1.82, 2.24) is 14.5 Å². The Labute approximate surface area is 120 Å². The van der Waals surface area contributed by atoms with Crippen molar-refractivity contribution >= 4 is 16.9 Å². The zero-order valence-electron chi connectivity index (χ0n) is 11.8. The van der Waals surface area contributed by atoms with Gasteiger partial charge in [0.2, 0.25) is 0 Å². The number of aryl methyl sites for hydroxylation is 2. The zero-order chi connectivity index (χ0) is 15.3. The first kappa shape index (κ1) is 14.2. The van der Waals surface area contributed by atoms with Gasteiger partial charge in [0.1, 0.15) is 35.6 Å². The highest BCUT2D eigenvalue weighted by Gasteiger charge is 2.44. The lowest BCUT2D eigenvalue weighted by Crippen LogP contribution is -2.33. The largest absolute Gasteiger partial charge is 0.394 e. The van der Waals surface area contributed by atoms with Crippen LogP contribution in [0.4, 0.5) is 5.82 Å². The third-order valence-corrected chi connectivity index (χ3v) is 3.79. The molecule has 2 aromatic rings. The number of aliphatic hydroxyl groups is 3. The average molecular weight is 294 g/mol. The first-order valence-electron chi connectivity index (χ1n) is 6.67. The van der Waals surface area contributed by atoms with E-state index in [0.29, 0.717) is 22.7 Å². The Hall–Kier alpha value is -1.74. The molecule has 4 atom stereocenters. The van der Waals surface area contributed by atoms with Crippen molar-refractivity contribution in [2.45, 2.75) is 38.4 Å². The molecule has 1 fully saturated rings. The van der Waals surface area contributed by atoms with Crippen molar-refractivity contribution in [1.29, 1.82) is 0 Å². The highest BCUT2D eigenvalue weighted by Crippen LogP contribution is 2.34. The second-order valence-corrected chi connectivity index (χ2v) is 5.30. The Morgan fingerprint density at radius 2 is 2.00 bits per heavy atom. The van der Waals surface area contributed by atoms with E-state index in [1.165, 1.54) is 0 Å². The summed E-state index contributed by atoms with van der Waals surface area (Å²) in [5, 5.41) is 29.9. The van der Waals surface area contributed by atoms with E-state index in [2.05, 4.69) is 9.97 Å². The maximum Gasteiger partial charge on any atom is 0.164 e. The standard InChI is InChI=1S/C13H18N4O4/c1-5-3-17(12-8(5)11(14)15-6(2)16-12)13-10(20)9(19)7(4-18)21-13/h3,7,9-10,13,18-20H,4H2,1-2H3,(H2,14,15,16)/t7-,9-,10-,13-/m1/s1. The zero-order valence-corrected chi connectivity index (χ0v) is 11.8. The Kier molecular flexibility index (Phi) is 3.33. The molecule has 3 heterocycles. The van der Waals surface area contributed by atoms with E-state index >= 15 is 0 Å². The van der Waals surface area contributed by atoms with E-state index in [9.17, 15) is 15.3 Å². The third-order valence-electron chi connectivity index (χ3n) is 3.79. The van der Waals surface area contributed by atoms with Crippen LogP contribution in [0, 0.1) is 13.8 Å². The SMILES string of the molecule is Cc1nc(N)c2c(C)cn([C@@H]3O[C@H](CO)[C@@H](O)[C@H]3O)c2n1. The number of hydrogen-bond acceptors (Lipinski definition) is 7. The van der Waals surface area contributed by atoms with Crippen LogP contribution in [-0.4, -0.2) is 54.8 Å². The van der Waals surface area contributed by atoms with Gasteiger partial charge in [-0.3, -0.25) is 0 Å². The van der Waals surface area contributed by atoms with Gasteiger partial charge >= 0.3 is 0 Å². The summed E-state index contributed by atoms with van der Waals surface area (Å²) >= 11 is 0. The molecule has 3 rings (SSSR count). The van der Waals surface area contributed by atoms with Crippen molar-refractivity contribution in [2.75, 3.05) is 12.3 Å². The number of fused-ring (bicyclic) bond motifs is 1. The maximum atomic E-state index is 10.1. The van der Waals surface area contributed by atoms with Gasteiger partial charge in [-0.1, -0.05) is 0 Å². The van der Waals surface area contributed by atoms with Crippen LogP contribution < -0.4 is 5.73 Å². The molecule has 0 saturated carbocycles. The number of nitrogens with zero attached hydrogens (tertiary/aromatic N) is 3. The molecule has 8 heteroatoms. The van der Waals surface area contributed by atoms with Gasteiger partial charge in [-0.25, -0.2) is 9.97 Å². The predicted molar refractivity (Wildman–Crippen MR) is 74.4 cm³/mol. The molecule has 0 amide bonds. The van der Waals surface area contributed by atoms with E-state index < -0.39 is 24.5 Å². The summed E-state index contributed by atoms with van der Waals surface area (Å²) < 4.78 is 7.16. The van der Waals surface area contributed by atoms with E-state index in [1.54, 1.807) is 17.7 Å². The number of rotatable bonds is 2. The maximum absolute atomic E-state index is 10.1. The summed E-state index contributed by atoms with van der Waals surface area (Å²) in [6.07, 6.45) is -2.23. The molecular weight excluding hydrogens is 276 g/mol. The molecule has 5 N–H and O–H groups in total. The van der Waals surface area contributed by atoms with Crippen molar-refractivity contribution in [2.24, 2.45) is 0 Å². The molecule has 0 radical (unpaired) electrons. The number of nitrogens with two attached hydrogens (primary N) is 1. The Bertz CT molecular complexity index is 686. The van der Waals surface area contributed by atoms with E-state index in [0.717, 1.165) is 5.56 Å². The minimum atomic E-state index is -1.16. The molecule has 0 aromatic carbocycles. The fourth-order valence-electron chi connectivity index (χ4n) is 2.78. The topological polar surface area (TPSA) is 127 Å². The van der Waals surface area contributed by atoms with Gasteiger partial charge < -0.3 is 30.4 Å². The summed E-state index contributed by atoms with van der Waals surface area (Å²) in [6.45, 7) is 3.21. The van der Waals surface area contributed by atoms with Crippen LogP contribution >= 0.6 is 0 Å². The van der Waals surface area contributed by atoms with Crippen molar-refractivity contribution in [3.8, 4) is 0 Å². The molecule has 8 nitrogen and oxygen atoms in total. The molecule has 0 bridgehead atoms. The van der Waals surface area contributed by atoms with Gasteiger partial charge in [0.15, 0.2) is 6.23 Å². The first-order chi connectivity index (χ1) is 9.93. The van der Waals surface area contributed by atoms with Crippen LogP contribution in [0.25, 0.3) is 11.0 Å². The number of ether oxygens (including phenoxy) is 1. The number of nitrogen functional groups attached to an aromatic ring is 1. The van der Waals surface area contributed by atoms with Gasteiger partial charge in [-0.15, -0.1) is 0 Å². The number of aliphatic hydroxyl groups excluding tert-OH is 3. The van der Waals surface area contributed by atoms with Crippen molar-refractivity contribution in [3.05, 3.63) is 17.6 Å². The highest BCUT2D eigenvalue weighted by molar-refractivity contribution is 5.89. The van der Waals surface area contributed by atoms with E-state index in [1.807, 2.05) is 6.92 Å². The number of hydrogen-bond donors (Lipinski definition) is 4. The highest BCUT2D eigenvalue weighted by atomic mass is 16.6. The van der Waals surface area contributed by atoms with Crippen molar-refractivity contribution in [3.63, 3.8) is 0 Å². The predicted octanol–water partition coefficient (Wildman–Crippen LogP) is -0.758. The molecular formula is C13H18N4O4. The summed E-state index contributed by atoms with van der Waals surface area (Å²) in [5.74, 6) is 0.867. The number of aromatic nitrogens is 3. The van der Waals surface area contributed by atoms with Gasteiger partial charge in [-0.2, -0.15) is 0 Å². The van der Waals surface area contributed by atoms with Crippen LogP contribution in [0.2, 0.25) is 0 Å². The minimum Gasteiger partial charge on any atom is -0.394 e. The van der Waals surface area contributed by atoms with Crippen molar-refractivity contribution < 1.29 is 20.1 Å². The van der Waals surface area contributed by atoms with E-state index in [-0.39, 0.29) is 6.61 Å². The van der Waals surface area contributed by atoms with E-state index in [4.69, 9.17) is 10.5 Å². The number of anilines is 1. The molecule has 1 saturated heterocycles. The molecule has 1 aliphatic rings. The summed E-state index contributed by atoms with van der Waals surface area (Å²) in [7, 11) is 0. The van der Waals surface area contributed by atoms with Crippen LogP contribution in [0.3, 0.4) is 0 Å². The van der Waals surface area contributed by atoms with Gasteiger partial charge in [0.25, 0.3) is 0 Å². The summed E-state index contributed by atoms with van der Waals surface area (Å²) in [6, 6.07) is 0.